The molecule has 7 nitrogen and oxygen atoms in total. The van der Waals surface area contributed by atoms with Crippen LogP contribution in [0.1, 0.15) is 27.8 Å². The van der Waals surface area contributed by atoms with Crippen LogP contribution in [0.3, 0.4) is 0 Å². The van der Waals surface area contributed by atoms with Crippen LogP contribution in [-0.2, 0) is 17.9 Å². The van der Waals surface area contributed by atoms with Gasteiger partial charge < -0.3 is 18.6 Å². The Kier molecular flexibility index (Phi) is 4.78. The molecule has 0 atom stereocenters. The van der Waals surface area contributed by atoms with E-state index in [-0.39, 0.29) is 5.91 Å². The Bertz CT molecular complexity index is 656. The monoisotopic (exact) mass is 319 g/mol. The van der Waals surface area contributed by atoms with Crippen LogP contribution >= 0.6 is 0 Å². The van der Waals surface area contributed by atoms with Crippen LogP contribution in [0.15, 0.2) is 27.1 Å². The summed E-state index contributed by atoms with van der Waals surface area (Å²) >= 11 is 0. The van der Waals surface area contributed by atoms with Crippen LogP contribution < -0.4 is 0 Å². The van der Waals surface area contributed by atoms with Crippen molar-refractivity contribution in [1.82, 2.24) is 15.0 Å². The van der Waals surface area contributed by atoms with E-state index in [0.717, 1.165) is 31.1 Å². The average Bonchev–Trinajstić information content (AvgIpc) is 3.17. The molecule has 3 rings (SSSR count). The fourth-order valence-electron chi connectivity index (χ4n) is 2.69. The summed E-state index contributed by atoms with van der Waals surface area (Å²) in [4.78, 5) is 16.5. The highest BCUT2D eigenvalue weighted by Gasteiger charge is 2.24. The molecule has 124 valence electrons. The zero-order chi connectivity index (χ0) is 16.2. The maximum atomic E-state index is 12.4. The van der Waals surface area contributed by atoms with Crippen molar-refractivity contribution in [1.29, 1.82) is 0 Å². The summed E-state index contributed by atoms with van der Waals surface area (Å²) in [7, 11) is 1.60. The van der Waals surface area contributed by atoms with E-state index in [1.807, 2.05) is 17.9 Å². The molecule has 0 aromatic carbocycles. The molecule has 0 radical (unpaired) electrons. The van der Waals surface area contributed by atoms with E-state index < -0.39 is 0 Å². The quantitative estimate of drug-likeness (QED) is 0.835. The highest BCUT2D eigenvalue weighted by atomic mass is 16.5. The first-order chi connectivity index (χ1) is 11.2. The van der Waals surface area contributed by atoms with Crippen molar-refractivity contribution in [3.05, 3.63) is 41.2 Å². The fourth-order valence-corrected chi connectivity index (χ4v) is 2.69. The van der Waals surface area contributed by atoms with E-state index in [2.05, 4.69) is 10.1 Å². The second-order valence-electron chi connectivity index (χ2n) is 5.70. The van der Waals surface area contributed by atoms with Gasteiger partial charge in [0.25, 0.3) is 5.91 Å². The molecule has 0 aliphatic carbocycles. The van der Waals surface area contributed by atoms with Crippen LogP contribution in [0.5, 0.6) is 0 Å². The maximum Gasteiger partial charge on any atom is 0.289 e. The second kappa shape index (κ2) is 6.97. The second-order valence-corrected chi connectivity index (χ2v) is 5.70. The molecule has 1 amide bonds. The van der Waals surface area contributed by atoms with Gasteiger partial charge in [0.1, 0.15) is 12.4 Å². The first-order valence-corrected chi connectivity index (χ1v) is 7.67. The zero-order valence-corrected chi connectivity index (χ0v) is 13.4. The maximum absolute atomic E-state index is 12.4. The minimum atomic E-state index is -0.0671. The Morgan fingerprint density at radius 2 is 2.04 bits per heavy atom. The number of methoxy groups -OCH3 is 1. The third-order valence-corrected chi connectivity index (χ3v) is 3.87. The number of hydrogen-bond acceptors (Lipinski definition) is 6. The minimum absolute atomic E-state index is 0.0671. The smallest absolute Gasteiger partial charge is 0.289 e. The number of piperazine rings is 1. The highest BCUT2D eigenvalue weighted by molar-refractivity contribution is 5.91. The lowest BCUT2D eigenvalue weighted by Gasteiger charge is -2.33. The number of amides is 1. The van der Waals surface area contributed by atoms with E-state index in [1.165, 1.54) is 0 Å². The lowest BCUT2D eigenvalue weighted by molar-refractivity contribution is 0.0581. The summed E-state index contributed by atoms with van der Waals surface area (Å²) in [6.45, 7) is 5.96. The number of aryl methyl sites for hydroxylation is 1. The Morgan fingerprint density at radius 3 is 2.70 bits per heavy atom. The average molecular weight is 319 g/mol. The van der Waals surface area contributed by atoms with Gasteiger partial charge in [-0.05, 0) is 19.1 Å². The zero-order valence-electron chi connectivity index (χ0n) is 13.4. The number of rotatable bonds is 5. The number of hydrogen-bond donors (Lipinski definition) is 0. The molecule has 0 spiro atoms. The molecule has 0 unspecified atom stereocenters. The lowest BCUT2D eigenvalue weighted by atomic mass is 10.2. The molecular formula is C16H21N3O4. The Labute approximate surface area is 134 Å². The van der Waals surface area contributed by atoms with Crippen LogP contribution in [-0.4, -0.2) is 54.2 Å². The number of aromatic nitrogens is 1. The third-order valence-electron chi connectivity index (χ3n) is 3.87. The largest absolute Gasteiger partial charge is 0.453 e. The van der Waals surface area contributed by atoms with E-state index >= 15 is 0 Å². The molecule has 1 saturated heterocycles. The van der Waals surface area contributed by atoms with E-state index in [1.54, 1.807) is 19.2 Å². The molecule has 2 aromatic heterocycles. The first kappa shape index (κ1) is 15.8. The lowest BCUT2D eigenvalue weighted by Crippen LogP contribution is -2.48. The van der Waals surface area contributed by atoms with Crippen molar-refractivity contribution < 1.29 is 18.5 Å². The SMILES string of the molecule is COCc1ccc(C(=O)N2CCN(Cc3cc(C)no3)CC2)o1. The highest BCUT2D eigenvalue weighted by Crippen LogP contribution is 2.15. The van der Waals surface area contributed by atoms with Crippen molar-refractivity contribution in [3.63, 3.8) is 0 Å². The Hall–Kier alpha value is -2.12. The van der Waals surface area contributed by atoms with Crippen LogP contribution in [0.4, 0.5) is 0 Å². The first-order valence-electron chi connectivity index (χ1n) is 7.67. The molecule has 1 aliphatic rings. The Morgan fingerprint density at radius 1 is 1.26 bits per heavy atom. The standard InChI is InChI=1S/C16H21N3O4/c1-12-9-14(23-17-12)10-18-5-7-19(8-6-18)16(20)15-4-3-13(22-15)11-21-2/h3-4,9H,5-8,10-11H2,1-2H3. The normalized spacial score (nSPS) is 16.0. The van der Waals surface area contributed by atoms with Crippen LogP contribution in [0, 0.1) is 6.92 Å². The number of ether oxygens (including phenoxy) is 1. The minimum Gasteiger partial charge on any atom is -0.453 e. The molecule has 0 saturated carbocycles. The van der Waals surface area contributed by atoms with Gasteiger partial charge in [-0.3, -0.25) is 9.69 Å². The molecule has 2 aromatic rings. The molecule has 7 heteroatoms. The van der Waals surface area contributed by atoms with E-state index in [4.69, 9.17) is 13.7 Å². The number of furan rings is 1. The molecular weight excluding hydrogens is 298 g/mol. The summed E-state index contributed by atoms with van der Waals surface area (Å²) in [5.74, 6) is 1.83. The van der Waals surface area contributed by atoms with Gasteiger partial charge in [-0.2, -0.15) is 0 Å². The van der Waals surface area contributed by atoms with Gasteiger partial charge in [0.15, 0.2) is 11.5 Å². The van der Waals surface area contributed by atoms with Gasteiger partial charge in [0.2, 0.25) is 0 Å². The van der Waals surface area contributed by atoms with Crippen molar-refractivity contribution in [2.45, 2.75) is 20.1 Å². The molecule has 0 bridgehead atoms. The van der Waals surface area contributed by atoms with Crippen molar-refractivity contribution in [2.75, 3.05) is 33.3 Å². The number of carbonyl (C=O) groups excluding carboxylic acids is 1. The molecule has 1 aliphatic heterocycles. The summed E-state index contributed by atoms with van der Waals surface area (Å²) in [6.07, 6.45) is 0. The van der Waals surface area contributed by atoms with Gasteiger partial charge in [0, 0.05) is 39.4 Å². The predicted molar refractivity (Wildman–Crippen MR) is 81.8 cm³/mol. The number of carbonyl (C=O) groups is 1. The summed E-state index contributed by atoms with van der Waals surface area (Å²) in [5.41, 5.74) is 0.887. The molecule has 3 heterocycles. The fraction of sp³-hybridized carbons (Fsp3) is 0.500. The van der Waals surface area contributed by atoms with Crippen LogP contribution in [0.2, 0.25) is 0 Å². The predicted octanol–water partition coefficient (Wildman–Crippen LogP) is 1.68. The van der Waals surface area contributed by atoms with Gasteiger partial charge in [-0.1, -0.05) is 5.16 Å². The van der Waals surface area contributed by atoms with Crippen molar-refractivity contribution in [3.8, 4) is 0 Å². The van der Waals surface area contributed by atoms with Crippen LogP contribution in [0.25, 0.3) is 0 Å². The van der Waals surface area contributed by atoms with Gasteiger partial charge in [-0.25, -0.2) is 0 Å². The van der Waals surface area contributed by atoms with Crippen molar-refractivity contribution in [2.24, 2.45) is 0 Å². The number of nitrogens with zero attached hydrogens (tertiary/aromatic N) is 3. The van der Waals surface area contributed by atoms with E-state index in [9.17, 15) is 4.79 Å². The summed E-state index contributed by atoms with van der Waals surface area (Å²) in [6, 6.07) is 5.43. The summed E-state index contributed by atoms with van der Waals surface area (Å²) in [5, 5.41) is 3.89. The summed E-state index contributed by atoms with van der Waals surface area (Å²) < 4.78 is 15.7. The van der Waals surface area contributed by atoms with Gasteiger partial charge in [0.05, 0.1) is 12.2 Å². The third kappa shape index (κ3) is 3.80. The van der Waals surface area contributed by atoms with Crippen molar-refractivity contribution >= 4 is 5.91 Å². The van der Waals surface area contributed by atoms with Gasteiger partial charge >= 0.3 is 0 Å². The molecule has 1 fully saturated rings. The van der Waals surface area contributed by atoms with E-state index in [0.29, 0.717) is 31.2 Å². The van der Waals surface area contributed by atoms with Gasteiger partial charge in [-0.15, -0.1) is 0 Å². The topological polar surface area (TPSA) is 72.0 Å². The Balaban J connectivity index is 1.52. The molecule has 23 heavy (non-hydrogen) atoms. The molecule has 0 N–H and O–H groups in total.